The number of aryl methyl sites for hydroxylation is 1. The van der Waals surface area contributed by atoms with Crippen molar-refractivity contribution in [3.05, 3.63) is 51.6 Å². The van der Waals surface area contributed by atoms with Gasteiger partial charge in [-0.05, 0) is 53.8 Å². The van der Waals surface area contributed by atoms with Gasteiger partial charge < -0.3 is 5.11 Å². The van der Waals surface area contributed by atoms with Gasteiger partial charge in [0.15, 0.2) is 0 Å². The van der Waals surface area contributed by atoms with E-state index in [1.54, 1.807) is 36.4 Å². The Balaban J connectivity index is 2.66. The molecule has 0 spiro atoms. The van der Waals surface area contributed by atoms with E-state index in [1.807, 2.05) is 29.5 Å². The van der Waals surface area contributed by atoms with Crippen molar-refractivity contribution in [2.75, 3.05) is 0 Å². The van der Waals surface area contributed by atoms with Gasteiger partial charge in [-0.25, -0.2) is 8.42 Å². The van der Waals surface area contributed by atoms with Crippen LogP contribution in [0.4, 0.5) is 0 Å². The predicted octanol–water partition coefficient (Wildman–Crippen LogP) is 3.14. The maximum atomic E-state index is 12.4. The molecule has 0 aromatic heterocycles. The highest BCUT2D eigenvalue weighted by Gasteiger charge is 2.23. The molecular formula is C13H11IO3S. The molecule has 94 valence electrons. The Bertz CT molecular complexity index is 656. The van der Waals surface area contributed by atoms with Crippen molar-refractivity contribution < 1.29 is 13.5 Å². The van der Waals surface area contributed by atoms with Crippen LogP contribution in [0.2, 0.25) is 0 Å². The number of hydrogen-bond donors (Lipinski definition) is 1. The van der Waals surface area contributed by atoms with Crippen LogP contribution in [0.25, 0.3) is 0 Å². The van der Waals surface area contributed by atoms with Crippen molar-refractivity contribution >= 4 is 32.4 Å². The smallest absolute Gasteiger partial charge is 0.211 e. The Morgan fingerprint density at radius 2 is 1.67 bits per heavy atom. The maximum absolute atomic E-state index is 12.4. The first-order valence-electron chi connectivity index (χ1n) is 5.22. The summed E-state index contributed by atoms with van der Waals surface area (Å²) in [6, 6.07) is 11.2. The minimum atomic E-state index is -3.67. The molecule has 2 aromatic rings. The van der Waals surface area contributed by atoms with Gasteiger partial charge in [-0.2, -0.15) is 0 Å². The lowest BCUT2D eigenvalue weighted by Crippen LogP contribution is -2.04. The zero-order valence-electron chi connectivity index (χ0n) is 9.59. The zero-order valence-corrected chi connectivity index (χ0v) is 12.6. The number of phenolic OH excluding ortho intramolecular Hbond substituents is 1. The number of aromatic hydroxyl groups is 1. The van der Waals surface area contributed by atoms with Crippen LogP contribution in [0.15, 0.2) is 52.3 Å². The van der Waals surface area contributed by atoms with Gasteiger partial charge in [0.05, 0.1) is 4.90 Å². The second kappa shape index (κ2) is 4.89. The minimum absolute atomic E-state index is 0.0329. The first kappa shape index (κ1) is 13.4. The monoisotopic (exact) mass is 374 g/mol. The lowest BCUT2D eigenvalue weighted by molar-refractivity contribution is 0.457. The molecule has 0 saturated heterocycles. The Kier molecular flexibility index (Phi) is 3.63. The highest BCUT2D eigenvalue weighted by Crippen LogP contribution is 2.32. The van der Waals surface area contributed by atoms with Gasteiger partial charge >= 0.3 is 0 Å². The van der Waals surface area contributed by atoms with E-state index in [1.165, 1.54) is 6.07 Å². The Morgan fingerprint density at radius 1 is 1.06 bits per heavy atom. The first-order chi connectivity index (χ1) is 8.43. The molecule has 5 heteroatoms. The molecule has 18 heavy (non-hydrogen) atoms. The van der Waals surface area contributed by atoms with Crippen LogP contribution in [-0.4, -0.2) is 13.5 Å². The topological polar surface area (TPSA) is 54.4 Å². The van der Waals surface area contributed by atoms with Crippen molar-refractivity contribution in [1.29, 1.82) is 0 Å². The number of benzene rings is 2. The number of halogens is 1. The molecule has 2 rings (SSSR count). The average Bonchev–Trinajstić information content (AvgIpc) is 2.29. The molecule has 0 aliphatic rings. The van der Waals surface area contributed by atoms with Crippen LogP contribution in [0.3, 0.4) is 0 Å². The van der Waals surface area contributed by atoms with Gasteiger partial charge in [0, 0.05) is 3.57 Å². The summed E-state index contributed by atoms with van der Waals surface area (Å²) in [5.74, 6) is -0.220. The fourth-order valence-corrected chi connectivity index (χ4v) is 4.35. The molecule has 0 atom stereocenters. The summed E-state index contributed by atoms with van der Waals surface area (Å²) in [5.41, 5.74) is 0.987. The summed E-state index contributed by atoms with van der Waals surface area (Å²) in [6.07, 6.45) is 0. The van der Waals surface area contributed by atoms with Crippen LogP contribution in [-0.2, 0) is 9.84 Å². The van der Waals surface area contributed by atoms with Gasteiger partial charge in [0.1, 0.15) is 10.6 Å². The third-order valence-electron chi connectivity index (χ3n) is 2.55. The molecular weight excluding hydrogens is 363 g/mol. The second-order valence-corrected chi connectivity index (χ2v) is 6.95. The number of hydrogen-bond acceptors (Lipinski definition) is 3. The normalized spacial score (nSPS) is 11.4. The van der Waals surface area contributed by atoms with Gasteiger partial charge in [-0.15, -0.1) is 0 Å². The van der Waals surface area contributed by atoms with E-state index >= 15 is 0 Å². The summed E-state index contributed by atoms with van der Waals surface area (Å²) >= 11 is 1.91. The van der Waals surface area contributed by atoms with E-state index in [9.17, 15) is 13.5 Å². The molecule has 1 N–H and O–H groups in total. The summed E-state index contributed by atoms with van der Waals surface area (Å²) < 4.78 is 25.4. The lowest BCUT2D eigenvalue weighted by Gasteiger charge is -2.09. The fourth-order valence-electron chi connectivity index (χ4n) is 1.60. The number of sulfone groups is 1. The van der Waals surface area contributed by atoms with Crippen molar-refractivity contribution in [1.82, 2.24) is 0 Å². The van der Waals surface area contributed by atoms with Crippen molar-refractivity contribution in [3.8, 4) is 5.75 Å². The van der Waals surface area contributed by atoms with E-state index < -0.39 is 9.84 Å². The molecule has 0 saturated carbocycles. The van der Waals surface area contributed by atoms with Crippen LogP contribution in [0.5, 0.6) is 5.75 Å². The van der Waals surface area contributed by atoms with E-state index in [0.29, 0.717) is 3.57 Å². The SMILES string of the molecule is Cc1ccc(S(=O)(=O)c2c(O)cccc2I)cc1. The van der Waals surface area contributed by atoms with Gasteiger partial charge in [0.2, 0.25) is 9.84 Å². The van der Waals surface area contributed by atoms with Gasteiger partial charge in [0.25, 0.3) is 0 Å². The highest BCUT2D eigenvalue weighted by atomic mass is 127. The van der Waals surface area contributed by atoms with E-state index in [2.05, 4.69) is 0 Å². The highest BCUT2D eigenvalue weighted by molar-refractivity contribution is 14.1. The second-order valence-electron chi connectivity index (χ2n) is 3.90. The lowest BCUT2D eigenvalue weighted by atomic mass is 10.2. The largest absolute Gasteiger partial charge is 0.507 e. The van der Waals surface area contributed by atoms with Crippen molar-refractivity contribution in [2.24, 2.45) is 0 Å². The standard InChI is InChI=1S/C13H11IO3S/c1-9-5-7-10(8-6-9)18(16,17)13-11(14)3-2-4-12(13)15/h2-8,15H,1H3. The maximum Gasteiger partial charge on any atom is 0.211 e. The number of rotatable bonds is 2. The van der Waals surface area contributed by atoms with E-state index in [0.717, 1.165) is 5.56 Å². The fraction of sp³-hybridized carbons (Fsp3) is 0.0769. The molecule has 2 aromatic carbocycles. The Hall–Kier alpha value is -1.08. The third kappa shape index (κ3) is 2.37. The molecule has 0 heterocycles. The Morgan fingerprint density at radius 3 is 2.22 bits per heavy atom. The zero-order chi connectivity index (χ0) is 13.3. The molecule has 3 nitrogen and oxygen atoms in total. The van der Waals surface area contributed by atoms with Crippen LogP contribution in [0, 0.1) is 10.5 Å². The number of phenols is 1. The van der Waals surface area contributed by atoms with Crippen molar-refractivity contribution in [2.45, 2.75) is 16.7 Å². The van der Waals surface area contributed by atoms with Crippen LogP contribution < -0.4 is 0 Å². The van der Waals surface area contributed by atoms with Crippen LogP contribution in [0.1, 0.15) is 5.56 Å². The summed E-state index contributed by atoms with van der Waals surface area (Å²) in [5, 5.41) is 9.76. The molecule has 0 fully saturated rings. The quantitative estimate of drug-likeness (QED) is 0.822. The molecule has 0 radical (unpaired) electrons. The van der Waals surface area contributed by atoms with Gasteiger partial charge in [-0.1, -0.05) is 23.8 Å². The summed E-state index contributed by atoms with van der Waals surface area (Å²) in [4.78, 5) is 0.155. The molecule has 0 unspecified atom stereocenters. The summed E-state index contributed by atoms with van der Waals surface area (Å²) in [7, 11) is -3.67. The van der Waals surface area contributed by atoms with E-state index in [-0.39, 0.29) is 15.5 Å². The summed E-state index contributed by atoms with van der Waals surface area (Å²) in [6.45, 7) is 1.89. The molecule has 0 amide bonds. The first-order valence-corrected chi connectivity index (χ1v) is 7.78. The Labute approximate surface area is 120 Å². The van der Waals surface area contributed by atoms with Gasteiger partial charge in [-0.3, -0.25) is 0 Å². The van der Waals surface area contributed by atoms with Crippen molar-refractivity contribution in [3.63, 3.8) is 0 Å². The average molecular weight is 374 g/mol. The molecule has 0 aliphatic carbocycles. The van der Waals surface area contributed by atoms with E-state index in [4.69, 9.17) is 0 Å². The van der Waals surface area contributed by atoms with Crippen LogP contribution >= 0.6 is 22.6 Å². The predicted molar refractivity (Wildman–Crippen MR) is 77.5 cm³/mol. The third-order valence-corrected chi connectivity index (χ3v) is 5.67. The molecule has 0 aliphatic heterocycles. The minimum Gasteiger partial charge on any atom is -0.507 e. The molecule has 0 bridgehead atoms.